The first-order valence-corrected chi connectivity index (χ1v) is 13.7. The topological polar surface area (TPSA) is 225 Å². The molecule has 1 saturated heterocycles. The van der Waals surface area contributed by atoms with Gasteiger partial charge in [0.05, 0.1) is 0 Å². The summed E-state index contributed by atoms with van der Waals surface area (Å²) in [4.78, 5) is 50.8. The fourth-order valence-corrected chi connectivity index (χ4v) is 4.76. The molecular weight excluding hydrogens is 544 g/mol. The summed E-state index contributed by atoms with van der Waals surface area (Å²) >= 11 is 0. The molecule has 15 heteroatoms. The largest absolute Gasteiger partial charge is 0.456 e. The zero-order chi connectivity index (χ0) is 30.1. The van der Waals surface area contributed by atoms with Crippen LogP contribution in [0, 0.1) is 0 Å². The first-order valence-electron chi connectivity index (χ1n) is 13.7. The third-order valence-corrected chi connectivity index (χ3v) is 6.99. The Balaban J connectivity index is 1.66. The summed E-state index contributed by atoms with van der Waals surface area (Å²) in [6.07, 6.45) is -2.84. The molecule has 0 saturated carbocycles. The molecule has 2 aliphatic rings. The monoisotopic (exact) mass is 584 g/mol. The number of aliphatic hydroxyl groups excluding tert-OH is 3. The molecule has 0 unspecified atom stereocenters. The zero-order valence-corrected chi connectivity index (χ0v) is 23.1. The van der Waals surface area contributed by atoms with Crippen molar-refractivity contribution in [2.75, 3.05) is 13.7 Å². The van der Waals surface area contributed by atoms with Crippen molar-refractivity contribution in [2.45, 2.75) is 101 Å². The highest BCUT2D eigenvalue weighted by Gasteiger charge is 2.52. The van der Waals surface area contributed by atoms with Crippen LogP contribution < -0.4 is 22.3 Å². The molecule has 7 N–H and O–H groups in total. The number of H-pyrrole nitrogens is 1. The van der Waals surface area contributed by atoms with Crippen LogP contribution in [0.5, 0.6) is 0 Å². The Hall–Kier alpha value is -3.08. The van der Waals surface area contributed by atoms with E-state index in [0.717, 1.165) is 55.0 Å². The molecule has 1 fully saturated rings. The van der Waals surface area contributed by atoms with Gasteiger partial charge in [-0.15, -0.1) is 0 Å². The number of ether oxygens (including phenoxy) is 4. The summed E-state index contributed by atoms with van der Waals surface area (Å²) in [7, 11) is 1.21. The van der Waals surface area contributed by atoms with E-state index in [1.54, 1.807) is 0 Å². The minimum absolute atomic E-state index is 0.327. The first-order chi connectivity index (χ1) is 19.6. The smallest absolute Gasteiger partial charge is 0.330 e. The summed E-state index contributed by atoms with van der Waals surface area (Å²) in [5.41, 5.74) is 3.99. The lowest BCUT2D eigenvalue weighted by molar-refractivity contribution is -0.241. The van der Waals surface area contributed by atoms with Crippen LogP contribution in [-0.4, -0.2) is 93.3 Å². The number of aromatic nitrogens is 2. The Morgan fingerprint density at radius 2 is 1.80 bits per heavy atom. The fourth-order valence-electron chi connectivity index (χ4n) is 4.76. The van der Waals surface area contributed by atoms with Gasteiger partial charge in [-0.2, -0.15) is 0 Å². The van der Waals surface area contributed by atoms with Crippen LogP contribution in [0.15, 0.2) is 33.7 Å². The average Bonchev–Trinajstić information content (AvgIpc) is 3.25. The molecule has 0 radical (unpaired) electrons. The van der Waals surface area contributed by atoms with Crippen molar-refractivity contribution in [1.82, 2.24) is 14.9 Å². The predicted molar refractivity (Wildman–Crippen MR) is 142 cm³/mol. The van der Waals surface area contributed by atoms with Crippen molar-refractivity contribution in [3.63, 3.8) is 0 Å². The second kappa shape index (κ2) is 15.2. The maximum Gasteiger partial charge on any atom is 0.330 e. The SMILES string of the molecule is CCCCCCCCCNC(=O)C1=C[C@@H](O)[C@@H](O)[C@H](O[C@@H](C(N)=O)[C@H]2O[C@@H](n3ccc(=O)[nH]c3=O)[C@H](O)[C@@H]2OC)O1. The van der Waals surface area contributed by atoms with Gasteiger partial charge in [-0.25, -0.2) is 4.79 Å². The van der Waals surface area contributed by atoms with E-state index in [1.165, 1.54) is 20.0 Å². The van der Waals surface area contributed by atoms with Gasteiger partial charge in [0.15, 0.2) is 18.1 Å². The molecule has 1 aromatic heterocycles. The lowest BCUT2D eigenvalue weighted by Crippen LogP contribution is -2.54. The van der Waals surface area contributed by atoms with Gasteiger partial charge in [0.1, 0.15) is 30.5 Å². The molecule has 8 atom stereocenters. The van der Waals surface area contributed by atoms with E-state index in [1.807, 2.05) is 4.98 Å². The van der Waals surface area contributed by atoms with E-state index in [2.05, 4.69) is 12.2 Å². The standard InChI is InChI=1S/C26H40N4O11/c1-3-4-5-6-7-8-9-11-28-23(36)15-13-14(31)17(33)25(39-15)41-21(22(27)35)20-19(38-2)18(34)24(40-20)30-12-10-16(32)29-26(30)37/h10,12-14,17-21,24-25,31,33-34H,3-9,11H2,1-2H3,(H2,27,35)(H,28,36)(H,29,32,37)/t14-,17-,18-,19+,20+,21-,24-,25+/m1/s1. The van der Waals surface area contributed by atoms with Crippen LogP contribution in [-0.2, 0) is 28.5 Å². The Morgan fingerprint density at radius 1 is 1.12 bits per heavy atom. The number of carbonyl (C=O) groups excluding carboxylic acids is 2. The quantitative estimate of drug-likeness (QED) is 0.130. The molecule has 2 aliphatic heterocycles. The van der Waals surface area contributed by atoms with E-state index in [9.17, 15) is 34.5 Å². The molecule has 3 rings (SSSR count). The number of unbranched alkanes of at least 4 members (excludes halogenated alkanes) is 6. The minimum atomic E-state index is -1.74. The number of carbonyl (C=O) groups is 2. The van der Waals surface area contributed by atoms with Gasteiger partial charge >= 0.3 is 5.69 Å². The highest BCUT2D eigenvalue weighted by molar-refractivity contribution is 5.91. The zero-order valence-electron chi connectivity index (χ0n) is 23.1. The van der Waals surface area contributed by atoms with Crippen LogP contribution in [0.3, 0.4) is 0 Å². The maximum atomic E-state index is 12.7. The Kier molecular flexibility index (Phi) is 12.1. The summed E-state index contributed by atoms with van der Waals surface area (Å²) in [6, 6.07) is 1.04. The Bertz CT molecular complexity index is 1170. The number of nitrogens with two attached hydrogens (primary N) is 1. The normalized spacial score (nSPS) is 28.5. The van der Waals surface area contributed by atoms with E-state index < -0.39 is 72.2 Å². The van der Waals surface area contributed by atoms with Crippen molar-refractivity contribution in [1.29, 1.82) is 0 Å². The molecule has 41 heavy (non-hydrogen) atoms. The molecule has 1 aromatic rings. The predicted octanol–water partition coefficient (Wildman–Crippen LogP) is -1.49. The molecule has 0 bridgehead atoms. The molecule has 0 aliphatic carbocycles. The average molecular weight is 585 g/mol. The van der Waals surface area contributed by atoms with Gasteiger partial charge in [0.2, 0.25) is 12.2 Å². The first kappa shape index (κ1) is 32.4. The number of aliphatic hydroxyl groups is 3. The summed E-state index contributed by atoms with van der Waals surface area (Å²) in [5, 5.41) is 34.3. The molecule has 0 spiro atoms. The van der Waals surface area contributed by atoms with E-state index in [-0.39, 0.29) is 5.76 Å². The van der Waals surface area contributed by atoms with Crippen molar-refractivity contribution < 1.29 is 43.9 Å². The summed E-state index contributed by atoms with van der Waals surface area (Å²) < 4.78 is 23.0. The van der Waals surface area contributed by atoms with Crippen LogP contribution in [0.4, 0.5) is 0 Å². The third kappa shape index (κ3) is 8.24. The number of hydrogen-bond donors (Lipinski definition) is 6. The maximum absolute atomic E-state index is 12.7. The van der Waals surface area contributed by atoms with Crippen molar-refractivity contribution in [2.24, 2.45) is 5.73 Å². The number of methoxy groups -OCH3 is 1. The fraction of sp³-hybridized carbons (Fsp3) is 0.692. The highest BCUT2D eigenvalue weighted by atomic mass is 16.7. The van der Waals surface area contributed by atoms with Gasteiger partial charge in [0, 0.05) is 25.9 Å². The summed E-state index contributed by atoms with van der Waals surface area (Å²) in [5.74, 6) is -2.08. The van der Waals surface area contributed by atoms with E-state index in [4.69, 9.17) is 24.7 Å². The van der Waals surface area contributed by atoms with Gasteiger partial charge in [-0.3, -0.25) is 23.9 Å². The second-order valence-corrected chi connectivity index (χ2v) is 10.0. The van der Waals surface area contributed by atoms with Gasteiger partial charge in [-0.1, -0.05) is 45.4 Å². The molecule has 0 aromatic carbocycles. The van der Waals surface area contributed by atoms with Crippen molar-refractivity contribution in [3.05, 3.63) is 44.9 Å². The van der Waals surface area contributed by atoms with Crippen LogP contribution in [0.1, 0.15) is 58.1 Å². The van der Waals surface area contributed by atoms with Gasteiger partial charge in [0.25, 0.3) is 11.5 Å². The van der Waals surface area contributed by atoms with Gasteiger partial charge in [-0.05, 0) is 12.5 Å². The van der Waals surface area contributed by atoms with E-state index >= 15 is 0 Å². The molecule has 230 valence electrons. The Morgan fingerprint density at radius 3 is 2.44 bits per heavy atom. The lowest BCUT2D eigenvalue weighted by Gasteiger charge is -2.35. The molecule has 15 nitrogen and oxygen atoms in total. The second-order valence-electron chi connectivity index (χ2n) is 10.0. The number of hydrogen-bond acceptors (Lipinski definition) is 11. The van der Waals surface area contributed by atoms with Crippen LogP contribution in [0.2, 0.25) is 0 Å². The molecular formula is C26H40N4O11. The highest BCUT2D eigenvalue weighted by Crippen LogP contribution is 2.34. The number of nitrogens with zero attached hydrogens (tertiary/aromatic N) is 1. The number of primary amides is 1. The van der Waals surface area contributed by atoms with Gasteiger partial charge < -0.3 is 45.3 Å². The number of amides is 2. The van der Waals surface area contributed by atoms with Crippen molar-refractivity contribution in [3.8, 4) is 0 Å². The minimum Gasteiger partial charge on any atom is -0.456 e. The van der Waals surface area contributed by atoms with E-state index in [0.29, 0.717) is 6.54 Å². The molecule has 3 heterocycles. The third-order valence-electron chi connectivity index (χ3n) is 6.99. The number of nitrogens with one attached hydrogen (secondary N) is 2. The summed E-state index contributed by atoms with van der Waals surface area (Å²) in [6.45, 7) is 2.52. The Labute approximate surface area is 236 Å². The number of aromatic amines is 1. The van der Waals surface area contributed by atoms with Crippen molar-refractivity contribution >= 4 is 11.8 Å². The van der Waals surface area contributed by atoms with Crippen LogP contribution in [0.25, 0.3) is 0 Å². The molecule has 2 amide bonds. The lowest BCUT2D eigenvalue weighted by atomic mass is 10.0. The van der Waals surface area contributed by atoms with Crippen LogP contribution >= 0.6 is 0 Å². The number of rotatable bonds is 15.